The van der Waals surface area contributed by atoms with Gasteiger partial charge < -0.3 is 9.55 Å². The first kappa shape index (κ1) is 21.8. The first-order chi connectivity index (χ1) is 15.5. The van der Waals surface area contributed by atoms with Gasteiger partial charge in [-0.3, -0.25) is 25.2 Å². The van der Waals surface area contributed by atoms with Gasteiger partial charge in [0.2, 0.25) is 5.91 Å². The Labute approximate surface area is 192 Å². The number of imidazole rings is 1. The number of hydrazine groups is 1. The molecule has 0 aliphatic rings. The van der Waals surface area contributed by atoms with Crippen molar-refractivity contribution >= 4 is 45.9 Å². The number of para-hydroxylation sites is 2. The lowest BCUT2D eigenvalue weighted by molar-refractivity contribution is -0.122. The number of carbonyl (C=O) groups is 2. The number of benzene rings is 2. The van der Waals surface area contributed by atoms with Gasteiger partial charge in [0, 0.05) is 35.4 Å². The Balaban J connectivity index is 1.24. The fourth-order valence-electron chi connectivity index (χ4n) is 3.05. The molecule has 8 nitrogen and oxygen atoms in total. The number of aromatic amines is 1. The Kier molecular flexibility index (Phi) is 6.72. The van der Waals surface area contributed by atoms with Crippen molar-refractivity contribution in [2.45, 2.75) is 30.8 Å². The molecule has 2 aromatic carbocycles. The highest BCUT2D eigenvalue weighted by Crippen LogP contribution is 2.23. The molecule has 2 amide bonds. The third kappa shape index (κ3) is 5.27. The molecule has 2 aromatic heterocycles. The molecule has 2 heterocycles. The summed E-state index contributed by atoms with van der Waals surface area (Å²) in [6.45, 7) is 2.09. The summed E-state index contributed by atoms with van der Waals surface area (Å²) in [5.41, 5.74) is 9.03. The van der Waals surface area contributed by atoms with Crippen LogP contribution in [0.5, 0.6) is 0 Å². The second-order valence-corrected chi connectivity index (χ2v) is 8.88. The van der Waals surface area contributed by atoms with E-state index in [9.17, 15) is 14.4 Å². The van der Waals surface area contributed by atoms with Crippen LogP contribution in [0.4, 0.5) is 0 Å². The summed E-state index contributed by atoms with van der Waals surface area (Å²) in [6, 6.07) is 15.0. The molecule has 0 saturated heterocycles. The Morgan fingerprint density at radius 3 is 2.62 bits per heavy atom. The van der Waals surface area contributed by atoms with E-state index in [0.717, 1.165) is 38.8 Å². The molecular weight excluding hydrogens is 446 g/mol. The van der Waals surface area contributed by atoms with Crippen LogP contribution in [0.15, 0.2) is 63.9 Å². The standard InChI is InChI=1S/C22H21N5O3S2/c1-14-12-32-22(30)27(14)11-10-19(28)25-26-20(29)16-8-6-15(7-9-16)13-31-21-23-17-4-2-3-5-18(17)24-21/h2-9,12H,10-11,13H2,1H3,(H,23,24)(H,25,28)(H,26,29). The van der Waals surface area contributed by atoms with E-state index in [-0.39, 0.29) is 23.7 Å². The van der Waals surface area contributed by atoms with Gasteiger partial charge in [0.05, 0.1) is 11.0 Å². The summed E-state index contributed by atoms with van der Waals surface area (Å²) in [4.78, 5) is 43.7. The molecule has 0 unspecified atom stereocenters. The van der Waals surface area contributed by atoms with Crippen LogP contribution < -0.4 is 15.7 Å². The molecule has 0 radical (unpaired) electrons. The lowest BCUT2D eigenvalue weighted by Crippen LogP contribution is -2.42. The molecule has 32 heavy (non-hydrogen) atoms. The number of carbonyl (C=O) groups excluding carboxylic acids is 2. The highest BCUT2D eigenvalue weighted by atomic mass is 32.2. The molecular formula is C22H21N5O3S2. The molecule has 4 rings (SSSR count). The van der Waals surface area contributed by atoms with E-state index in [4.69, 9.17) is 0 Å². The lowest BCUT2D eigenvalue weighted by Gasteiger charge is -2.09. The van der Waals surface area contributed by atoms with Crippen molar-refractivity contribution in [2.24, 2.45) is 0 Å². The molecule has 3 N–H and O–H groups in total. The van der Waals surface area contributed by atoms with Crippen molar-refractivity contribution in [3.8, 4) is 0 Å². The maximum atomic E-state index is 12.3. The van der Waals surface area contributed by atoms with Crippen molar-refractivity contribution in [1.82, 2.24) is 25.4 Å². The highest BCUT2D eigenvalue weighted by Gasteiger charge is 2.10. The van der Waals surface area contributed by atoms with Gasteiger partial charge in [-0.25, -0.2) is 4.98 Å². The average Bonchev–Trinajstić information content (AvgIpc) is 3.37. The van der Waals surface area contributed by atoms with Crippen LogP contribution in [0.1, 0.15) is 28.0 Å². The predicted octanol–water partition coefficient (Wildman–Crippen LogP) is 3.24. The average molecular weight is 468 g/mol. The van der Waals surface area contributed by atoms with Crippen LogP contribution in [0.25, 0.3) is 11.0 Å². The van der Waals surface area contributed by atoms with Crippen molar-refractivity contribution in [3.05, 3.63) is 80.4 Å². The number of thiazole rings is 1. The summed E-state index contributed by atoms with van der Waals surface area (Å²) in [6.07, 6.45) is 0.0930. The van der Waals surface area contributed by atoms with E-state index < -0.39 is 5.91 Å². The molecule has 0 fully saturated rings. The van der Waals surface area contributed by atoms with E-state index in [0.29, 0.717) is 11.3 Å². The van der Waals surface area contributed by atoms with Gasteiger partial charge in [-0.2, -0.15) is 0 Å². The third-order valence-electron chi connectivity index (χ3n) is 4.81. The zero-order chi connectivity index (χ0) is 22.5. The topological polar surface area (TPSA) is 109 Å². The Hall–Kier alpha value is -3.37. The monoisotopic (exact) mass is 467 g/mol. The SMILES string of the molecule is Cc1csc(=O)n1CCC(=O)NNC(=O)c1ccc(CSc2nc3ccccc3[nH]2)cc1. The Morgan fingerprint density at radius 2 is 1.91 bits per heavy atom. The van der Waals surface area contributed by atoms with Crippen LogP contribution in [-0.4, -0.2) is 26.3 Å². The summed E-state index contributed by atoms with van der Waals surface area (Å²) < 4.78 is 1.54. The fourth-order valence-corrected chi connectivity index (χ4v) is 4.65. The van der Waals surface area contributed by atoms with Crippen LogP contribution in [0, 0.1) is 6.92 Å². The normalized spacial score (nSPS) is 10.9. The minimum absolute atomic E-state index is 0.0930. The molecule has 0 saturated carbocycles. The summed E-state index contributed by atoms with van der Waals surface area (Å²) >= 11 is 2.69. The quantitative estimate of drug-likeness (QED) is 0.286. The van der Waals surface area contributed by atoms with Crippen LogP contribution >= 0.6 is 23.1 Å². The lowest BCUT2D eigenvalue weighted by atomic mass is 10.1. The van der Waals surface area contributed by atoms with Crippen LogP contribution in [-0.2, 0) is 17.1 Å². The fraction of sp³-hybridized carbons (Fsp3) is 0.182. The largest absolute Gasteiger partial charge is 0.333 e. The minimum atomic E-state index is -0.404. The zero-order valence-electron chi connectivity index (χ0n) is 17.3. The molecule has 4 aromatic rings. The van der Waals surface area contributed by atoms with Gasteiger partial charge in [0.15, 0.2) is 5.16 Å². The number of aromatic nitrogens is 3. The van der Waals surface area contributed by atoms with Crippen LogP contribution in [0.3, 0.4) is 0 Å². The van der Waals surface area contributed by atoms with Crippen LogP contribution in [0.2, 0.25) is 0 Å². The first-order valence-corrected chi connectivity index (χ1v) is 11.8. The maximum absolute atomic E-state index is 12.3. The summed E-state index contributed by atoms with van der Waals surface area (Å²) in [5, 5.41) is 2.59. The van der Waals surface area contributed by atoms with E-state index in [1.165, 1.54) is 4.57 Å². The van der Waals surface area contributed by atoms with Gasteiger partial charge in [-0.15, -0.1) is 0 Å². The third-order valence-corrected chi connectivity index (χ3v) is 6.64. The Morgan fingerprint density at radius 1 is 1.12 bits per heavy atom. The number of nitrogens with one attached hydrogen (secondary N) is 3. The second-order valence-electron chi connectivity index (χ2n) is 7.09. The first-order valence-electron chi connectivity index (χ1n) is 9.90. The van der Waals surface area contributed by atoms with Crippen molar-refractivity contribution in [3.63, 3.8) is 0 Å². The van der Waals surface area contributed by atoms with Gasteiger partial charge in [0.25, 0.3) is 5.91 Å². The number of hydrogen-bond acceptors (Lipinski definition) is 6. The molecule has 0 aliphatic heterocycles. The van der Waals surface area contributed by atoms with E-state index in [1.54, 1.807) is 29.3 Å². The van der Waals surface area contributed by atoms with Gasteiger partial charge in [-0.05, 0) is 36.8 Å². The predicted molar refractivity (Wildman–Crippen MR) is 126 cm³/mol. The Bertz CT molecular complexity index is 1270. The maximum Gasteiger partial charge on any atom is 0.307 e. The number of thioether (sulfide) groups is 1. The number of hydrogen-bond donors (Lipinski definition) is 3. The molecule has 164 valence electrons. The number of nitrogens with zero attached hydrogens (tertiary/aromatic N) is 2. The van der Waals surface area contributed by atoms with Gasteiger partial charge in [-0.1, -0.05) is 47.4 Å². The zero-order valence-corrected chi connectivity index (χ0v) is 18.9. The number of H-pyrrole nitrogens is 1. The molecule has 0 aliphatic carbocycles. The van der Waals surface area contributed by atoms with E-state index >= 15 is 0 Å². The molecule has 0 spiro atoms. The van der Waals surface area contributed by atoms with E-state index in [1.807, 2.05) is 43.3 Å². The number of amides is 2. The molecule has 10 heteroatoms. The van der Waals surface area contributed by atoms with Crippen molar-refractivity contribution in [2.75, 3.05) is 0 Å². The summed E-state index contributed by atoms with van der Waals surface area (Å²) in [5.74, 6) is -0.0618. The highest BCUT2D eigenvalue weighted by molar-refractivity contribution is 7.98. The molecule has 0 bridgehead atoms. The number of fused-ring (bicyclic) bond motifs is 1. The van der Waals surface area contributed by atoms with E-state index in [2.05, 4.69) is 20.8 Å². The number of rotatable bonds is 7. The second kappa shape index (κ2) is 9.84. The van der Waals surface area contributed by atoms with Gasteiger partial charge >= 0.3 is 4.87 Å². The smallest absolute Gasteiger partial charge is 0.307 e. The van der Waals surface area contributed by atoms with Gasteiger partial charge in [0.1, 0.15) is 0 Å². The molecule has 0 atom stereocenters. The van der Waals surface area contributed by atoms with Crippen molar-refractivity contribution in [1.29, 1.82) is 0 Å². The number of aryl methyl sites for hydroxylation is 1. The van der Waals surface area contributed by atoms with Crippen molar-refractivity contribution < 1.29 is 9.59 Å². The minimum Gasteiger partial charge on any atom is -0.333 e. The summed E-state index contributed by atoms with van der Waals surface area (Å²) in [7, 11) is 0.